The van der Waals surface area contributed by atoms with Crippen molar-refractivity contribution in [1.29, 1.82) is 0 Å². The van der Waals surface area contributed by atoms with Gasteiger partial charge in [0.05, 0.1) is 27.8 Å². The minimum Gasteiger partial charge on any atom is -0.455 e. The Balaban J connectivity index is 1.50. The van der Waals surface area contributed by atoms with Gasteiger partial charge >= 0.3 is 0 Å². The molecule has 40 heavy (non-hydrogen) atoms. The second-order valence-corrected chi connectivity index (χ2v) is 10.5. The van der Waals surface area contributed by atoms with Crippen LogP contribution in [0.1, 0.15) is 11.1 Å². The quantitative estimate of drug-likeness (QED) is 0.235. The molecule has 0 spiro atoms. The number of nitrogens with zero attached hydrogens (tertiary/aromatic N) is 3. The summed E-state index contributed by atoms with van der Waals surface area (Å²) in [6.45, 7) is 4.25. The maximum Gasteiger partial charge on any atom is 0.235 e. The lowest BCUT2D eigenvalue weighted by atomic mass is 10.1. The van der Waals surface area contributed by atoms with Crippen LogP contribution >= 0.6 is 0 Å². The van der Waals surface area contributed by atoms with Crippen molar-refractivity contribution in [3.05, 3.63) is 126 Å². The number of fused-ring (bicyclic) bond motifs is 7. The summed E-state index contributed by atoms with van der Waals surface area (Å²) in [5.74, 6) is 0.635. The second kappa shape index (κ2) is 8.65. The third-order valence-corrected chi connectivity index (χ3v) is 7.73. The highest BCUT2D eigenvalue weighted by Gasteiger charge is 2.21. The van der Waals surface area contributed by atoms with Gasteiger partial charge in [-0.25, -0.2) is 9.97 Å². The van der Waals surface area contributed by atoms with Crippen molar-refractivity contribution in [3.63, 3.8) is 0 Å². The maximum atomic E-state index is 6.55. The van der Waals surface area contributed by atoms with Crippen LogP contribution < -0.4 is 0 Å². The van der Waals surface area contributed by atoms with Gasteiger partial charge in [-0.05, 0) is 56.3 Å². The number of benzene rings is 5. The Bertz CT molecular complexity index is 2170. The summed E-state index contributed by atoms with van der Waals surface area (Å²) in [4.78, 5) is 10.3. The third-order valence-electron chi connectivity index (χ3n) is 7.73. The zero-order valence-electron chi connectivity index (χ0n) is 22.2. The van der Waals surface area contributed by atoms with E-state index >= 15 is 0 Å². The fourth-order valence-corrected chi connectivity index (χ4v) is 5.83. The first-order chi connectivity index (χ1) is 19.6. The fourth-order valence-electron chi connectivity index (χ4n) is 5.83. The molecular weight excluding hydrogens is 490 g/mol. The molecule has 0 aliphatic carbocycles. The average molecular weight is 516 g/mol. The van der Waals surface area contributed by atoms with E-state index in [0.717, 1.165) is 66.3 Å². The highest BCUT2D eigenvalue weighted by Crippen LogP contribution is 2.41. The van der Waals surface area contributed by atoms with E-state index in [1.165, 1.54) is 11.1 Å². The van der Waals surface area contributed by atoms with Crippen LogP contribution in [0, 0.1) is 13.8 Å². The molecule has 0 saturated heterocycles. The Morgan fingerprint density at radius 3 is 1.82 bits per heavy atom. The first-order valence-corrected chi connectivity index (χ1v) is 13.5. The van der Waals surface area contributed by atoms with Crippen LogP contribution in [-0.4, -0.2) is 14.5 Å². The highest BCUT2D eigenvalue weighted by molar-refractivity contribution is 6.23. The van der Waals surface area contributed by atoms with Crippen LogP contribution in [0.5, 0.6) is 0 Å². The van der Waals surface area contributed by atoms with Crippen LogP contribution in [0.15, 0.2) is 120 Å². The minimum atomic E-state index is 0.635. The molecule has 0 atom stereocenters. The van der Waals surface area contributed by atoms with E-state index < -0.39 is 0 Å². The van der Waals surface area contributed by atoms with Gasteiger partial charge < -0.3 is 4.42 Å². The topological polar surface area (TPSA) is 43.9 Å². The van der Waals surface area contributed by atoms with Crippen molar-refractivity contribution in [3.8, 4) is 28.5 Å². The molecule has 0 fully saturated rings. The minimum absolute atomic E-state index is 0.635. The molecule has 5 aromatic carbocycles. The Labute approximate surface area is 231 Å². The summed E-state index contributed by atoms with van der Waals surface area (Å²) in [5.41, 5.74) is 10.1. The van der Waals surface area contributed by atoms with E-state index in [2.05, 4.69) is 97.3 Å². The van der Waals surface area contributed by atoms with Gasteiger partial charge in [-0.2, -0.15) is 0 Å². The number of rotatable bonds is 3. The zero-order valence-corrected chi connectivity index (χ0v) is 22.2. The number of furan rings is 1. The lowest BCUT2D eigenvalue weighted by Crippen LogP contribution is -2.04. The van der Waals surface area contributed by atoms with Crippen LogP contribution in [0.4, 0.5) is 0 Å². The summed E-state index contributed by atoms with van der Waals surface area (Å²) in [7, 11) is 0. The molecule has 0 saturated carbocycles. The standard InChI is InChI=1S/C36H25N3O/c1-22-13-16-31-28(20-22)34-32(17-15-26-27-19-23(2)14-18-33(27)40-35(26)34)39(31)36-37-29(24-9-5-3-6-10-24)21-30(38-36)25-11-7-4-8-12-25/h3-21H,1-2H3. The first kappa shape index (κ1) is 22.7. The van der Waals surface area contributed by atoms with Crippen LogP contribution in [0.3, 0.4) is 0 Å². The first-order valence-electron chi connectivity index (χ1n) is 13.5. The lowest BCUT2D eigenvalue weighted by molar-refractivity contribution is 0.673. The van der Waals surface area contributed by atoms with Gasteiger partial charge in [-0.1, -0.05) is 83.9 Å². The van der Waals surface area contributed by atoms with Crippen molar-refractivity contribution in [1.82, 2.24) is 14.5 Å². The Kier molecular flexibility index (Phi) is 4.92. The Morgan fingerprint density at radius 1 is 0.550 bits per heavy atom. The third kappa shape index (κ3) is 3.46. The molecule has 3 heterocycles. The van der Waals surface area contributed by atoms with E-state index in [1.807, 2.05) is 36.4 Å². The Morgan fingerprint density at radius 2 is 1.15 bits per heavy atom. The van der Waals surface area contributed by atoms with Crippen LogP contribution in [0.2, 0.25) is 0 Å². The van der Waals surface area contributed by atoms with Gasteiger partial charge in [0.25, 0.3) is 0 Å². The Hall–Kier alpha value is -5.22. The molecule has 4 heteroatoms. The molecule has 0 unspecified atom stereocenters. The van der Waals surface area contributed by atoms with E-state index in [-0.39, 0.29) is 0 Å². The summed E-state index contributed by atoms with van der Waals surface area (Å²) < 4.78 is 8.73. The summed E-state index contributed by atoms with van der Waals surface area (Å²) in [5, 5.41) is 4.47. The number of hydrogen-bond donors (Lipinski definition) is 0. The normalized spacial score (nSPS) is 11.8. The maximum absolute atomic E-state index is 6.55. The van der Waals surface area contributed by atoms with Gasteiger partial charge in [0, 0.05) is 27.3 Å². The smallest absolute Gasteiger partial charge is 0.235 e. The van der Waals surface area contributed by atoms with Gasteiger partial charge in [0.1, 0.15) is 11.2 Å². The number of aromatic nitrogens is 3. The zero-order chi connectivity index (χ0) is 26.8. The van der Waals surface area contributed by atoms with Crippen molar-refractivity contribution < 1.29 is 4.42 Å². The van der Waals surface area contributed by atoms with Gasteiger partial charge in [-0.15, -0.1) is 0 Å². The van der Waals surface area contributed by atoms with E-state index in [9.17, 15) is 0 Å². The largest absolute Gasteiger partial charge is 0.455 e. The van der Waals surface area contributed by atoms with Crippen molar-refractivity contribution in [2.75, 3.05) is 0 Å². The van der Waals surface area contributed by atoms with Gasteiger partial charge in [0.15, 0.2) is 0 Å². The molecule has 8 rings (SSSR count). The van der Waals surface area contributed by atoms with Gasteiger partial charge in [-0.3, -0.25) is 4.57 Å². The van der Waals surface area contributed by atoms with E-state index in [1.54, 1.807) is 0 Å². The number of hydrogen-bond acceptors (Lipinski definition) is 3. The van der Waals surface area contributed by atoms with Crippen molar-refractivity contribution in [2.45, 2.75) is 13.8 Å². The highest BCUT2D eigenvalue weighted by atomic mass is 16.3. The molecule has 3 aromatic heterocycles. The molecule has 8 aromatic rings. The molecule has 0 aliphatic rings. The SMILES string of the molecule is Cc1ccc2oc3c(ccc4c3c3cc(C)ccc3n4-c3nc(-c4ccccc4)cc(-c4ccccc4)n3)c2c1. The molecule has 0 amide bonds. The summed E-state index contributed by atoms with van der Waals surface area (Å²) >= 11 is 0. The van der Waals surface area contributed by atoms with E-state index in [4.69, 9.17) is 14.4 Å². The molecule has 190 valence electrons. The van der Waals surface area contributed by atoms with Crippen molar-refractivity contribution >= 4 is 43.7 Å². The monoisotopic (exact) mass is 515 g/mol. The summed E-state index contributed by atoms with van der Waals surface area (Å²) in [6, 6.07) is 40.0. The van der Waals surface area contributed by atoms with Crippen LogP contribution in [-0.2, 0) is 0 Å². The molecule has 0 radical (unpaired) electrons. The molecular formula is C36H25N3O. The molecule has 0 N–H and O–H groups in total. The lowest BCUT2D eigenvalue weighted by Gasteiger charge is -2.11. The van der Waals surface area contributed by atoms with Crippen LogP contribution in [0.25, 0.3) is 72.2 Å². The predicted octanol–water partition coefficient (Wildman–Crippen LogP) is 9.42. The summed E-state index contributed by atoms with van der Waals surface area (Å²) in [6.07, 6.45) is 0. The average Bonchev–Trinajstić information content (AvgIpc) is 3.52. The second-order valence-electron chi connectivity index (χ2n) is 10.5. The van der Waals surface area contributed by atoms with Gasteiger partial charge in [0.2, 0.25) is 5.95 Å². The van der Waals surface area contributed by atoms with E-state index in [0.29, 0.717) is 5.95 Å². The molecule has 4 nitrogen and oxygen atoms in total. The number of aryl methyl sites for hydroxylation is 2. The fraction of sp³-hybridized carbons (Fsp3) is 0.0556. The molecule has 0 bridgehead atoms. The predicted molar refractivity (Wildman–Crippen MR) is 164 cm³/mol. The van der Waals surface area contributed by atoms with Crippen molar-refractivity contribution in [2.24, 2.45) is 0 Å². The molecule has 0 aliphatic heterocycles.